The standard InChI is InChI=1S/C8H11N3O3S2/c9-7-8(11-2-1-10-7)15-6-4-16(13,14)3-5(6)12/h1-2,5-6,12H,3-4H2,(H2,9,10). The zero-order valence-corrected chi connectivity index (χ0v) is 9.91. The summed E-state index contributed by atoms with van der Waals surface area (Å²) < 4.78 is 22.6. The molecule has 8 heteroatoms. The molecule has 0 aliphatic carbocycles. The molecule has 0 radical (unpaired) electrons. The normalized spacial score (nSPS) is 28.1. The first-order valence-corrected chi connectivity index (χ1v) is 7.30. The first-order chi connectivity index (χ1) is 7.48. The molecular weight excluding hydrogens is 250 g/mol. The number of rotatable bonds is 2. The minimum Gasteiger partial charge on any atom is -0.391 e. The molecule has 16 heavy (non-hydrogen) atoms. The van der Waals surface area contributed by atoms with Crippen molar-refractivity contribution in [3.63, 3.8) is 0 Å². The Kier molecular flexibility index (Phi) is 3.04. The van der Waals surface area contributed by atoms with Crippen LogP contribution in [0.3, 0.4) is 0 Å². The Labute approximate surface area is 97.2 Å². The molecule has 1 aliphatic rings. The molecule has 2 atom stereocenters. The van der Waals surface area contributed by atoms with E-state index in [1.54, 1.807) is 0 Å². The summed E-state index contributed by atoms with van der Waals surface area (Å²) in [5.41, 5.74) is 5.59. The van der Waals surface area contributed by atoms with E-state index >= 15 is 0 Å². The number of aromatic nitrogens is 2. The van der Waals surface area contributed by atoms with Crippen LogP contribution in [-0.4, -0.2) is 46.4 Å². The van der Waals surface area contributed by atoms with Crippen molar-refractivity contribution in [1.82, 2.24) is 9.97 Å². The molecule has 1 aromatic rings. The Morgan fingerprint density at radius 2 is 2.06 bits per heavy atom. The van der Waals surface area contributed by atoms with Crippen LogP contribution in [0.2, 0.25) is 0 Å². The summed E-state index contributed by atoms with van der Waals surface area (Å²) >= 11 is 1.16. The second-order valence-electron chi connectivity index (χ2n) is 3.55. The lowest BCUT2D eigenvalue weighted by molar-refractivity contribution is 0.207. The third kappa shape index (κ3) is 2.45. The van der Waals surface area contributed by atoms with Crippen LogP contribution in [0, 0.1) is 0 Å². The van der Waals surface area contributed by atoms with Gasteiger partial charge in [-0.1, -0.05) is 11.8 Å². The SMILES string of the molecule is Nc1nccnc1SC1CS(=O)(=O)CC1O. The molecular formula is C8H11N3O3S2. The Bertz CT molecular complexity index is 491. The maximum Gasteiger partial charge on any atom is 0.156 e. The Morgan fingerprint density at radius 3 is 2.62 bits per heavy atom. The minimum absolute atomic E-state index is 0.0468. The van der Waals surface area contributed by atoms with E-state index in [-0.39, 0.29) is 17.3 Å². The molecule has 0 spiro atoms. The van der Waals surface area contributed by atoms with Gasteiger partial charge in [-0.2, -0.15) is 0 Å². The molecule has 2 rings (SSSR count). The van der Waals surface area contributed by atoms with Crippen molar-refractivity contribution < 1.29 is 13.5 Å². The molecule has 2 heterocycles. The highest BCUT2D eigenvalue weighted by Gasteiger charge is 2.37. The average Bonchev–Trinajstić information content (AvgIpc) is 2.44. The lowest BCUT2D eigenvalue weighted by Gasteiger charge is -2.11. The van der Waals surface area contributed by atoms with E-state index in [0.29, 0.717) is 5.03 Å². The van der Waals surface area contributed by atoms with Gasteiger partial charge in [0.1, 0.15) is 5.03 Å². The van der Waals surface area contributed by atoms with Crippen LogP contribution in [0.4, 0.5) is 5.82 Å². The van der Waals surface area contributed by atoms with Crippen LogP contribution in [0.15, 0.2) is 17.4 Å². The minimum atomic E-state index is -3.14. The first-order valence-electron chi connectivity index (χ1n) is 4.59. The van der Waals surface area contributed by atoms with Crippen LogP contribution >= 0.6 is 11.8 Å². The number of nitrogens with zero attached hydrogens (tertiary/aromatic N) is 2. The number of nitrogens with two attached hydrogens (primary N) is 1. The number of sulfone groups is 1. The van der Waals surface area contributed by atoms with Gasteiger partial charge >= 0.3 is 0 Å². The number of hydrogen-bond acceptors (Lipinski definition) is 7. The summed E-state index contributed by atoms with van der Waals surface area (Å²) in [6, 6.07) is 0. The van der Waals surface area contributed by atoms with E-state index in [4.69, 9.17) is 5.73 Å². The number of thioether (sulfide) groups is 1. The Balaban J connectivity index is 2.15. The molecule has 0 bridgehead atoms. The molecule has 88 valence electrons. The van der Waals surface area contributed by atoms with E-state index in [0.717, 1.165) is 11.8 Å². The first kappa shape index (κ1) is 11.6. The number of hydrogen-bond donors (Lipinski definition) is 2. The van der Waals surface area contributed by atoms with Crippen molar-refractivity contribution in [1.29, 1.82) is 0 Å². The molecule has 1 fully saturated rings. The number of nitrogen functional groups attached to an aromatic ring is 1. The van der Waals surface area contributed by atoms with Crippen LogP contribution in [0.5, 0.6) is 0 Å². The van der Waals surface area contributed by atoms with E-state index in [1.165, 1.54) is 12.4 Å². The van der Waals surface area contributed by atoms with Gasteiger partial charge in [-0.25, -0.2) is 18.4 Å². The zero-order valence-electron chi connectivity index (χ0n) is 8.28. The fraction of sp³-hybridized carbons (Fsp3) is 0.500. The van der Waals surface area contributed by atoms with Gasteiger partial charge in [0, 0.05) is 12.4 Å². The average molecular weight is 261 g/mol. The molecule has 1 aliphatic heterocycles. The van der Waals surface area contributed by atoms with Crippen molar-refractivity contribution >= 4 is 27.4 Å². The largest absolute Gasteiger partial charge is 0.391 e. The summed E-state index contributed by atoms with van der Waals surface area (Å²) in [7, 11) is -3.14. The van der Waals surface area contributed by atoms with Gasteiger partial charge < -0.3 is 10.8 Å². The van der Waals surface area contributed by atoms with Crippen molar-refractivity contribution in [2.45, 2.75) is 16.4 Å². The highest BCUT2D eigenvalue weighted by atomic mass is 32.2. The number of aliphatic hydroxyl groups excluding tert-OH is 1. The monoisotopic (exact) mass is 261 g/mol. The highest BCUT2D eigenvalue weighted by molar-refractivity contribution is 8.02. The van der Waals surface area contributed by atoms with E-state index < -0.39 is 21.2 Å². The van der Waals surface area contributed by atoms with Crippen molar-refractivity contribution in [2.75, 3.05) is 17.2 Å². The fourth-order valence-corrected chi connectivity index (χ4v) is 4.94. The highest BCUT2D eigenvalue weighted by Crippen LogP contribution is 2.31. The lowest BCUT2D eigenvalue weighted by atomic mass is 10.3. The van der Waals surface area contributed by atoms with Crippen LogP contribution in [-0.2, 0) is 9.84 Å². The van der Waals surface area contributed by atoms with Crippen LogP contribution in [0.25, 0.3) is 0 Å². The summed E-state index contributed by atoms with van der Waals surface area (Å²) in [6.45, 7) is 0. The molecule has 1 aromatic heterocycles. The van der Waals surface area contributed by atoms with Crippen molar-refractivity contribution in [2.24, 2.45) is 0 Å². The number of aliphatic hydroxyl groups is 1. The molecule has 0 aromatic carbocycles. The maximum atomic E-state index is 11.3. The molecule has 2 unspecified atom stereocenters. The quantitative estimate of drug-likeness (QED) is 0.725. The molecule has 6 nitrogen and oxygen atoms in total. The van der Waals surface area contributed by atoms with Gasteiger partial charge in [0.05, 0.1) is 22.9 Å². The molecule has 0 amide bonds. The van der Waals surface area contributed by atoms with Crippen molar-refractivity contribution in [3.8, 4) is 0 Å². The van der Waals surface area contributed by atoms with Gasteiger partial charge in [0.2, 0.25) is 0 Å². The fourth-order valence-electron chi connectivity index (χ4n) is 1.48. The summed E-state index contributed by atoms with van der Waals surface area (Å²) in [5, 5.41) is 9.64. The summed E-state index contributed by atoms with van der Waals surface area (Å²) in [5.74, 6) is 0.0173. The lowest BCUT2D eigenvalue weighted by Crippen LogP contribution is -2.20. The summed E-state index contributed by atoms with van der Waals surface area (Å²) in [6.07, 6.45) is 2.08. The second kappa shape index (κ2) is 4.19. The second-order valence-corrected chi connectivity index (χ2v) is 6.93. The van der Waals surface area contributed by atoms with Crippen molar-refractivity contribution in [3.05, 3.63) is 12.4 Å². The van der Waals surface area contributed by atoms with Crippen LogP contribution in [0.1, 0.15) is 0 Å². The predicted octanol–water partition coefficient (Wildman–Crippen LogP) is -0.691. The number of anilines is 1. The Morgan fingerprint density at radius 1 is 1.38 bits per heavy atom. The third-order valence-corrected chi connectivity index (χ3v) is 5.48. The topological polar surface area (TPSA) is 106 Å². The van der Waals surface area contributed by atoms with Crippen LogP contribution < -0.4 is 5.73 Å². The van der Waals surface area contributed by atoms with E-state index in [2.05, 4.69) is 9.97 Å². The van der Waals surface area contributed by atoms with E-state index in [1.807, 2.05) is 0 Å². The molecule has 1 saturated heterocycles. The van der Waals surface area contributed by atoms with Gasteiger partial charge in [0.25, 0.3) is 0 Å². The summed E-state index contributed by atoms with van der Waals surface area (Å²) in [4.78, 5) is 7.84. The van der Waals surface area contributed by atoms with Gasteiger partial charge in [-0.3, -0.25) is 0 Å². The zero-order chi connectivity index (χ0) is 11.8. The van der Waals surface area contributed by atoms with Gasteiger partial charge in [-0.15, -0.1) is 0 Å². The van der Waals surface area contributed by atoms with Gasteiger partial charge in [0.15, 0.2) is 15.7 Å². The Hall–Kier alpha value is -0.860. The smallest absolute Gasteiger partial charge is 0.156 e. The molecule has 0 saturated carbocycles. The van der Waals surface area contributed by atoms with E-state index in [9.17, 15) is 13.5 Å². The maximum absolute atomic E-state index is 11.3. The van der Waals surface area contributed by atoms with Gasteiger partial charge in [-0.05, 0) is 0 Å². The predicted molar refractivity (Wildman–Crippen MR) is 60.8 cm³/mol. The molecule has 3 N–H and O–H groups in total. The third-order valence-electron chi connectivity index (χ3n) is 2.23.